The standard InChI is InChI=1S/C23H18F5N3O2/c24-20(25)19-17(21(32)31-8-5-22(6-9-31)7-10-33-13-22)11-15(12-29)18(30-19)14-1-3-16(4-2-14)23(26,27)28/h1,3,11,20H,5-10,13H2. The van der Waals surface area contributed by atoms with E-state index < -0.39 is 29.8 Å². The van der Waals surface area contributed by atoms with Crippen LogP contribution in [-0.4, -0.2) is 48.3 Å². The molecule has 2 saturated heterocycles. The van der Waals surface area contributed by atoms with Crippen molar-refractivity contribution in [2.75, 3.05) is 26.3 Å². The molecule has 0 N–H and O–H groups in total. The molecule has 1 aromatic heterocycles. The van der Waals surface area contributed by atoms with Crippen LogP contribution in [0.5, 0.6) is 0 Å². The van der Waals surface area contributed by atoms with Crippen LogP contribution >= 0.6 is 0 Å². The summed E-state index contributed by atoms with van der Waals surface area (Å²) < 4.78 is 71.5. The van der Waals surface area contributed by atoms with Crippen molar-refractivity contribution >= 4 is 11.5 Å². The second kappa shape index (κ2) is 8.60. The van der Waals surface area contributed by atoms with Gasteiger partial charge in [0.15, 0.2) is 0 Å². The number of carbonyl (C=O) groups excluding carboxylic acids is 1. The summed E-state index contributed by atoms with van der Waals surface area (Å²) in [6, 6.07) is 2.82. The zero-order valence-electron chi connectivity index (χ0n) is 17.3. The van der Waals surface area contributed by atoms with Crippen molar-refractivity contribution in [3.8, 4) is 6.07 Å². The maximum Gasteiger partial charge on any atom is 0.424 e. The molecule has 1 spiro atoms. The maximum atomic E-state index is 13.8. The van der Waals surface area contributed by atoms with Crippen LogP contribution in [0.25, 0.3) is 5.57 Å². The van der Waals surface area contributed by atoms with Crippen LogP contribution in [0, 0.1) is 16.7 Å². The van der Waals surface area contributed by atoms with E-state index in [4.69, 9.17) is 4.74 Å². The lowest BCUT2D eigenvalue weighted by Crippen LogP contribution is -2.43. The molecule has 33 heavy (non-hydrogen) atoms. The molecular weight excluding hydrogens is 445 g/mol. The number of pyridine rings is 1. The van der Waals surface area contributed by atoms with Crippen molar-refractivity contribution in [2.45, 2.75) is 31.9 Å². The van der Waals surface area contributed by atoms with Gasteiger partial charge in [-0.1, -0.05) is 11.5 Å². The molecule has 0 aromatic carbocycles. The van der Waals surface area contributed by atoms with Crippen molar-refractivity contribution in [2.24, 2.45) is 5.41 Å². The summed E-state index contributed by atoms with van der Waals surface area (Å²) in [6.07, 6.45) is -3.83. The zero-order valence-corrected chi connectivity index (χ0v) is 17.3. The Morgan fingerprint density at radius 3 is 2.45 bits per heavy atom. The fraction of sp³-hybridized carbons (Fsp3) is 0.435. The Balaban J connectivity index is 1.69. The monoisotopic (exact) mass is 463 g/mol. The molecule has 3 heterocycles. The molecule has 0 bridgehead atoms. The van der Waals surface area contributed by atoms with Gasteiger partial charge >= 0.3 is 6.18 Å². The molecule has 10 heteroatoms. The van der Waals surface area contributed by atoms with Crippen molar-refractivity contribution in [3.05, 3.63) is 57.8 Å². The van der Waals surface area contributed by atoms with E-state index in [0.717, 1.165) is 18.6 Å². The van der Waals surface area contributed by atoms with E-state index in [1.54, 1.807) is 6.07 Å². The normalized spacial score (nSPS) is 19.6. The number of hydrogen-bond acceptors (Lipinski definition) is 4. The summed E-state index contributed by atoms with van der Waals surface area (Å²) in [5.41, 5.74) is 1.23. The molecule has 1 aliphatic carbocycles. The predicted octanol–water partition coefficient (Wildman–Crippen LogP) is 4.73. The lowest BCUT2D eigenvalue weighted by Gasteiger charge is -2.38. The van der Waals surface area contributed by atoms with E-state index in [-0.39, 0.29) is 27.8 Å². The molecule has 0 saturated carbocycles. The van der Waals surface area contributed by atoms with Gasteiger partial charge in [0.05, 0.1) is 29.0 Å². The third kappa shape index (κ3) is 4.49. The Morgan fingerprint density at radius 1 is 1.21 bits per heavy atom. The van der Waals surface area contributed by atoms with Gasteiger partial charge in [0.2, 0.25) is 0 Å². The van der Waals surface area contributed by atoms with Crippen molar-refractivity contribution in [1.29, 1.82) is 5.26 Å². The van der Waals surface area contributed by atoms with Gasteiger partial charge in [-0.25, -0.2) is 13.8 Å². The van der Waals surface area contributed by atoms with Gasteiger partial charge < -0.3 is 9.64 Å². The highest BCUT2D eigenvalue weighted by atomic mass is 19.4. The molecule has 4 rings (SSSR count). The van der Waals surface area contributed by atoms with E-state index >= 15 is 0 Å². The largest absolute Gasteiger partial charge is 0.424 e. The van der Waals surface area contributed by atoms with Crippen LogP contribution < -0.4 is 0 Å². The number of nitrogens with zero attached hydrogens (tertiary/aromatic N) is 3. The Labute approximate surface area is 186 Å². The molecule has 0 unspecified atom stereocenters. The number of piperidine rings is 1. The van der Waals surface area contributed by atoms with Crippen LogP contribution in [0.3, 0.4) is 0 Å². The average Bonchev–Trinajstić information content (AvgIpc) is 3.25. The van der Waals surface area contributed by atoms with E-state index in [0.29, 0.717) is 45.2 Å². The Bertz CT molecular complexity index is 1150. The number of nitriles is 1. The fourth-order valence-electron chi connectivity index (χ4n) is 4.24. The van der Waals surface area contributed by atoms with Crippen LogP contribution in [0.1, 0.15) is 53.0 Å². The summed E-state index contributed by atoms with van der Waals surface area (Å²) >= 11 is 0. The van der Waals surface area contributed by atoms with Crippen LogP contribution in [0.15, 0.2) is 35.3 Å². The fourth-order valence-corrected chi connectivity index (χ4v) is 4.24. The molecule has 2 fully saturated rings. The first-order valence-electron chi connectivity index (χ1n) is 10.3. The minimum atomic E-state index is -4.65. The molecule has 3 aliphatic rings. The molecule has 5 nitrogen and oxygen atoms in total. The smallest absolute Gasteiger partial charge is 0.381 e. The van der Waals surface area contributed by atoms with E-state index in [2.05, 4.69) is 10.7 Å². The lowest BCUT2D eigenvalue weighted by atomic mass is 9.78. The number of rotatable bonds is 3. The minimum Gasteiger partial charge on any atom is -0.381 e. The van der Waals surface area contributed by atoms with Crippen molar-refractivity contribution in [3.63, 3.8) is 0 Å². The van der Waals surface area contributed by atoms with Gasteiger partial charge in [-0.15, -0.1) is 0 Å². The summed E-state index contributed by atoms with van der Waals surface area (Å²) in [4.78, 5) is 18.4. The average molecular weight is 463 g/mol. The predicted molar refractivity (Wildman–Crippen MR) is 106 cm³/mol. The first-order valence-corrected chi connectivity index (χ1v) is 10.3. The van der Waals surface area contributed by atoms with Gasteiger partial charge in [0.25, 0.3) is 12.3 Å². The van der Waals surface area contributed by atoms with Crippen LogP contribution in [-0.2, 0) is 4.74 Å². The molecule has 172 valence electrons. The highest BCUT2D eigenvalue weighted by Crippen LogP contribution is 2.40. The highest BCUT2D eigenvalue weighted by molar-refractivity contribution is 5.96. The van der Waals surface area contributed by atoms with E-state index in [1.807, 2.05) is 5.73 Å². The number of carbonyl (C=O) groups is 1. The summed E-state index contributed by atoms with van der Waals surface area (Å²) in [7, 11) is 0. The Hall–Kier alpha value is -3.24. The molecule has 1 aromatic rings. The molecule has 2 aliphatic heterocycles. The molecule has 0 atom stereocenters. The Kier molecular flexibility index (Phi) is 5.98. The quantitative estimate of drug-likeness (QED) is 0.480. The summed E-state index contributed by atoms with van der Waals surface area (Å²) in [5.74, 6) is -0.655. The minimum absolute atomic E-state index is 0.0111. The lowest BCUT2D eigenvalue weighted by molar-refractivity contribution is -0.0880. The number of ether oxygens (including phenoxy) is 1. The second-order valence-corrected chi connectivity index (χ2v) is 8.23. The number of alkyl halides is 5. The number of aromatic nitrogens is 1. The number of amides is 1. The Morgan fingerprint density at radius 2 is 1.94 bits per heavy atom. The van der Waals surface area contributed by atoms with Gasteiger partial charge in [-0.2, -0.15) is 18.4 Å². The maximum absolute atomic E-state index is 13.8. The van der Waals surface area contributed by atoms with Crippen LogP contribution in [0.4, 0.5) is 22.0 Å². The molecule has 0 radical (unpaired) electrons. The summed E-state index contributed by atoms with van der Waals surface area (Å²) in [5, 5.41) is 9.53. The number of likely N-dealkylation sites (tertiary alicyclic amines) is 1. The van der Waals surface area contributed by atoms with Gasteiger partial charge in [0.1, 0.15) is 17.3 Å². The van der Waals surface area contributed by atoms with Gasteiger partial charge in [0, 0.05) is 19.7 Å². The highest BCUT2D eigenvalue weighted by Gasteiger charge is 2.40. The van der Waals surface area contributed by atoms with Crippen molar-refractivity contribution < 1.29 is 31.5 Å². The first-order chi connectivity index (χ1) is 15.6. The zero-order chi connectivity index (χ0) is 23.8. The third-order valence-corrected chi connectivity index (χ3v) is 6.21. The van der Waals surface area contributed by atoms with Crippen LogP contribution in [0.2, 0.25) is 0 Å². The molecule has 1 amide bonds. The number of halogens is 5. The summed E-state index contributed by atoms with van der Waals surface area (Å²) in [6.45, 7) is 2.03. The topological polar surface area (TPSA) is 66.2 Å². The molecular formula is C23H18F5N3O2. The van der Waals surface area contributed by atoms with Gasteiger partial charge in [-0.3, -0.25) is 4.79 Å². The van der Waals surface area contributed by atoms with Gasteiger partial charge in [-0.05, 0) is 42.9 Å². The van der Waals surface area contributed by atoms with E-state index in [1.165, 1.54) is 4.90 Å². The first kappa shape index (κ1) is 22.9. The van der Waals surface area contributed by atoms with E-state index in [9.17, 15) is 32.0 Å². The number of allylic oxidation sites excluding steroid dienone is 4. The SMILES string of the molecule is N#Cc1cc(C(=O)N2CCC3(CCOC3)CC2)c(C(F)F)nc1C1=C=C=C(C(F)(F)F)C=C1. The van der Waals surface area contributed by atoms with Crippen molar-refractivity contribution in [1.82, 2.24) is 9.88 Å². The number of hydrogen-bond donors (Lipinski definition) is 0. The second-order valence-electron chi connectivity index (χ2n) is 8.23. The third-order valence-electron chi connectivity index (χ3n) is 6.21.